The van der Waals surface area contributed by atoms with Gasteiger partial charge in [0.15, 0.2) is 0 Å². The zero-order valence-electron chi connectivity index (χ0n) is 10.3. The summed E-state index contributed by atoms with van der Waals surface area (Å²) in [5, 5.41) is 3.18. The fourth-order valence-corrected chi connectivity index (χ4v) is 3.31. The monoisotopic (exact) mass is 270 g/mol. The van der Waals surface area contributed by atoms with Gasteiger partial charge < -0.3 is 10.1 Å². The van der Waals surface area contributed by atoms with Crippen molar-refractivity contribution < 1.29 is 13.2 Å². The minimum Gasteiger partial charge on any atom is -0.497 e. The summed E-state index contributed by atoms with van der Waals surface area (Å²) in [6, 6.07) is 6.46. The van der Waals surface area contributed by atoms with Crippen LogP contribution in [-0.2, 0) is 10.0 Å². The highest BCUT2D eigenvalue weighted by Gasteiger charge is 2.21. The van der Waals surface area contributed by atoms with Gasteiger partial charge in [0.1, 0.15) is 5.75 Å². The quantitative estimate of drug-likeness (QED) is 0.846. The minimum absolute atomic E-state index is 0.0325. The fraction of sp³-hybridized carbons (Fsp3) is 0.500. The third-order valence-electron chi connectivity index (χ3n) is 2.97. The normalized spacial score (nSPS) is 20.6. The molecule has 6 heteroatoms. The van der Waals surface area contributed by atoms with Crippen LogP contribution in [0, 0.1) is 0 Å². The van der Waals surface area contributed by atoms with E-state index in [0.29, 0.717) is 12.3 Å². The van der Waals surface area contributed by atoms with E-state index in [1.165, 1.54) is 13.2 Å². The molecule has 2 N–H and O–H groups in total. The molecule has 1 atom stereocenters. The average Bonchev–Trinajstić information content (AvgIpc) is 2.39. The lowest BCUT2D eigenvalue weighted by Gasteiger charge is -2.23. The molecule has 1 aromatic rings. The first-order chi connectivity index (χ1) is 8.62. The highest BCUT2D eigenvalue weighted by molar-refractivity contribution is 7.89. The molecule has 0 saturated carbocycles. The van der Waals surface area contributed by atoms with Gasteiger partial charge in [0.05, 0.1) is 12.0 Å². The molecule has 2 rings (SSSR count). The fourth-order valence-electron chi connectivity index (χ4n) is 2.01. The summed E-state index contributed by atoms with van der Waals surface area (Å²) in [6.45, 7) is 1.64. The van der Waals surface area contributed by atoms with Crippen LogP contribution in [0.3, 0.4) is 0 Å². The van der Waals surface area contributed by atoms with Crippen LogP contribution in [0.2, 0.25) is 0 Å². The lowest BCUT2D eigenvalue weighted by molar-refractivity contribution is 0.412. The SMILES string of the molecule is COc1cccc(S(=O)(=O)N[C@@H]2CCCNC2)c1. The Kier molecular flexibility index (Phi) is 4.21. The van der Waals surface area contributed by atoms with E-state index in [9.17, 15) is 8.42 Å². The van der Waals surface area contributed by atoms with Gasteiger partial charge in [-0.2, -0.15) is 0 Å². The second-order valence-corrected chi connectivity index (χ2v) is 6.06. The van der Waals surface area contributed by atoms with Crippen molar-refractivity contribution in [3.8, 4) is 5.75 Å². The third kappa shape index (κ3) is 3.22. The predicted octanol–water partition coefficient (Wildman–Crippen LogP) is 0.725. The number of benzene rings is 1. The number of hydrogen-bond acceptors (Lipinski definition) is 4. The minimum atomic E-state index is -3.46. The van der Waals surface area contributed by atoms with Gasteiger partial charge in [0, 0.05) is 18.7 Å². The first kappa shape index (κ1) is 13.3. The number of rotatable bonds is 4. The molecule has 100 valence electrons. The highest BCUT2D eigenvalue weighted by Crippen LogP contribution is 2.17. The van der Waals surface area contributed by atoms with Gasteiger partial charge in [-0.1, -0.05) is 6.07 Å². The van der Waals surface area contributed by atoms with Crippen molar-refractivity contribution in [1.82, 2.24) is 10.0 Å². The molecule has 0 aliphatic carbocycles. The van der Waals surface area contributed by atoms with Gasteiger partial charge in [-0.05, 0) is 31.5 Å². The molecule has 18 heavy (non-hydrogen) atoms. The molecule has 0 bridgehead atoms. The van der Waals surface area contributed by atoms with Crippen LogP contribution in [0.25, 0.3) is 0 Å². The van der Waals surface area contributed by atoms with Crippen LogP contribution in [0.4, 0.5) is 0 Å². The summed E-state index contributed by atoms with van der Waals surface area (Å²) in [5.74, 6) is 0.541. The van der Waals surface area contributed by atoms with Gasteiger partial charge >= 0.3 is 0 Å². The maximum absolute atomic E-state index is 12.2. The molecule has 1 fully saturated rings. The number of nitrogens with one attached hydrogen (secondary N) is 2. The summed E-state index contributed by atoms with van der Waals surface area (Å²) in [4.78, 5) is 0.243. The van der Waals surface area contributed by atoms with Gasteiger partial charge in [-0.25, -0.2) is 13.1 Å². The Labute approximate surface area is 108 Å². The molecule has 0 unspecified atom stereocenters. The predicted molar refractivity (Wildman–Crippen MR) is 69.2 cm³/mol. The number of sulfonamides is 1. The van der Waals surface area contributed by atoms with E-state index in [1.54, 1.807) is 18.2 Å². The smallest absolute Gasteiger partial charge is 0.240 e. The van der Waals surface area contributed by atoms with Gasteiger partial charge in [0.25, 0.3) is 0 Å². The molecule has 1 saturated heterocycles. The van der Waals surface area contributed by atoms with Crippen LogP contribution in [-0.4, -0.2) is 34.7 Å². The topological polar surface area (TPSA) is 67.4 Å². The first-order valence-corrected chi connectivity index (χ1v) is 7.47. The van der Waals surface area contributed by atoms with Crippen molar-refractivity contribution in [2.24, 2.45) is 0 Å². The van der Waals surface area contributed by atoms with Crippen molar-refractivity contribution in [3.05, 3.63) is 24.3 Å². The molecule has 1 heterocycles. The van der Waals surface area contributed by atoms with Crippen LogP contribution in [0.15, 0.2) is 29.2 Å². The maximum Gasteiger partial charge on any atom is 0.240 e. The van der Waals surface area contributed by atoms with E-state index in [1.807, 2.05) is 0 Å². The van der Waals surface area contributed by atoms with Crippen LogP contribution in [0.1, 0.15) is 12.8 Å². The van der Waals surface area contributed by atoms with Gasteiger partial charge in [0.2, 0.25) is 10.0 Å². The largest absolute Gasteiger partial charge is 0.497 e. The lowest BCUT2D eigenvalue weighted by Crippen LogP contribution is -2.45. The van der Waals surface area contributed by atoms with E-state index in [2.05, 4.69) is 10.0 Å². The summed E-state index contributed by atoms with van der Waals surface area (Å²) in [7, 11) is -1.94. The van der Waals surface area contributed by atoms with E-state index < -0.39 is 10.0 Å². The standard InChI is InChI=1S/C12H18N2O3S/c1-17-11-5-2-6-12(8-11)18(15,16)14-10-4-3-7-13-9-10/h2,5-6,8,10,13-14H,3-4,7,9H2,1H3/t10-/m1/s1. The molecule has 1 aliphatic heterocycles. The van der Waals surface area contributed by atoms with Gasteiger partial charge in [-0.15, -0.1) is 0 Å². The number of methoxy groups -OCH3 is 1. The molecule has 5 nitrogen and oxygen atoms in total. The van der Waals surface area contributed by atoms with Crippen molar-refractivity contribution in [2.75, 3.05) is 20.2 Å². The molecule has 0 radical (unpaired) electrons. The Morgan fingerprint density at radius 2 is 2.28 bits per heavy atom. The van der Waals surface area contributed by atoms with E-state index in [0.717, 1.165) is 19.4 Å². The average molecular weight is 270 g/mol. The second kappa shape index (κ2) is 5.69. The summed E-state index contributed by atoms with van der Waals surface area (Å²) in [6.07, 6.45) is 1.86. The Hall–Kier alpha value is -1.11. The second-order valence-electron chi connectivity index (χ2n) is 4.34. The molecule has 0 amide bonds. The zero-order valence-corrected chi connectivity index (χ0v) is 11.2. The van der Waals surface area contributed by atoms with Crippen LogP contribution < -0.4 is 14.8 Å². The van der Waals surface area contributed by atoms with Crippen LogP contribution >= 0.6 is 0 Å². The number of hydrogen-bond donors (Lipinski definition) is 2. The van der Waals surface area contributed by atoms with Gasteiger partial charge in [-0.3, -0.25) is 0 Å². The summed E-state index contributed by atoms with van der Waals surface area (Å²) in [5.41, 5.74) is 0. The van der Waals surface area contributed by atoms with E-state index in [4.69, 9.17) is 4.74 Å². The maximum atomic E-state index is 12.2. The van der Waals surface area contributed by atoms with E-state index in [-0.39, 0.29) is 10.9 Å². The van der Waals surface area contributed by atoms with Crippen molar-refractivity contribution in [2.45, 2.75) is 23.8 Å². The molecular weight excluding hydrogens is 252 g/mol. The van der Waals surface area contributed by atoms with Crippen molar-refractivity contribution in [3.63, 3.8) is 0 Å². The molecular formula is C12H18N2O3S. The van der Waals surface area contributed by atoms with Crippen molar-refractivity contribution >= 4 is 10.0 Å². The molecule has 0 aromatic heterocycles. The zero-order chi connectivity index (χ0) is 13.0. The third-order valence-corrected chi connectivity index (χ3v) is 4.49. The summed E-state index contributed by atoms with van der Waals surface area (Å²) >= 11 is 0. The first-order valence-electron chi connectivity index (χ1n) is 5.99. The molecule has 1 aromatic carbocycles. The lowest BCUT2D eigenvalue weighted by atomic mass is 10.1. The van der Waals surface area contributed by atoms with Crippen molar-refractivity contribution in [1.29, 1.82) is 0 Å². The highest BCUT2D eigenvalue weighted by atomic mass is 32.2. The number of piperidine rings is 1. The summed E-state index contributed by atoms with van der Waals surface area (Å²) < 4.78 is 32.1. The Morgan fingerprint density at radius 1 is 1.44 bits per heavy atom. The Balaban J connectivity index is 2.13. The van der Waals surface area contributed by atoms with E-state index >= 15 is 0 Å². The number of ether oxygens (including phenoxy) is 1. The Morgan fingerprint density at radius 3 is 2.94 bits per heavy atom. The molecule has 1 aliphatic rings. The Bertz CT molecular complexity index is 496. The van der Waals surface area contributed by atoms with Crippen LogP contribution in [0.5, 0.6) is 5.75 Å². The molecule has 0 spiro atoms.